The molecule has 24 heavy (non-hydrogen) atoms. The summed E-state index contributed by atoms with van der Waals surface area (Å²) in [4.78, 5) is 18.9. The van der Waals surface area contributed by atoms with Crippen molar-refractivity contribution < 1.29 is 9.21 Å². The van der Waals surface area contributed by atoms with Crippen molar-refractivity contribution in [1.82, 2.24) is 10.3 Å². The number of carbonyl (C=O) groups is 1. The van der Waals surface area contributed by atoms with Gasteiger partial charge in [-0.2, -0.15) is 0 Å². The normalized spacial score (nSPS) is 15.5. The molecular formula is C18H24N4O2. The van der Waals surface area contributed by atoms with E-state index in [0.717, 1.165) is 30.4 Å². The molecule has 0 bridgehead atoms. The lowest BCUT2D eigenvalue weighted by Gasteiger charge is -2.31. The van der Waals surface area contributed by atoms with Crippen molar-refractivity contribution in [3.8, 4) is 0 Å². The van der Waals surface area contributed by atoms with Crippen LogP contribution in [0.1, 0.15) is 41.4 Å². The smallest absolute Gasteiger partial charge is 0.254 e. The molecule has 3 N–H and O–H groups in total. The highest BCUT2D eigenvalue weighted by molar-refractivity contribution is 5.93. The summed E-state index contributed by atoms with van der Waals surface area (Å²) in [5.74, 6) is 2.24. The average molecular weight is 328 g/mol. The van der Waals surface area contributed by atoms with Crippen LogP contribution >= 0.6 is 0 Å². The number of nitrogens with zero attached hydrogens (tertiary/aromatic N) is 2. The number of aromatic nitrogens is 1. The minimum Gasteiger partial charge on any atom is -0.467 e. The molecule has 1 fully saturated rings. The highest BCUT2D eigenvalue weighted by Gasteiger charge is 2.16. The molecule has 0 atom stereocenters. The lowest BCUT2D eigenvalue weighted by Crippen LogP contribution is -2.33. The van der Waals surface area contributed by atoms with Gasteiger partial charge in [0.1, 0.15) is 17.8 Å². The summed E-state index contributed by atoms with van der Waals surface area (Å²) in [6, 6.07) is 5.71. The van der Waals surface area contributed by atoms with Crippen molar-refractivity contribution >= 4 is 11.7 Å². The van der Waals surface area contributed by atoms with Gasteiger partial charge in [0, 0.05) is 25.8 Å². The van der Waals surface area contributed by atoms with Crippen molar-refractivity contribution in [2.75, 3.05) is 18.0 Å². The summed E-state index contributed by atoms with van der Waals surface area (Å²) in [7, 11) is 0. The van der Waals surface area contributed by atoms with Crippen LogP contribution in [0.15, 0.2) is 35.1 Å². The number of pyridine rings is 1. The summed E-state index contributed by atoms with van der Waals surface area (Å²) in [6.07, 6.45) is 5.69. The molecule has 0 radical (unpaired) electrons. The fourth-order valence-corrected chi connectivity index (χ4v) is 2.84. The van der Waals surface area contributed by atoms with E-state index in [9.17, 15) is 4.79 Å². The topological polar surface area (TPSA) is 84.4 Å². The molecule has 2 aromatic rings. The molecule has 0 unspecified atom stereocenters. The van der Waals surface area contributed by atoms with E-state index in [1.165, 1.54) is 19.1 Å². The molecule has 0 aliphatic carbocycles. The first-order valence-electron chi connectivity index (χ1n) is 8.41. The second-order valence-electron chi connectivity index (χ2n) is 6.38. The Hall–Kier alpha value is -2.34. The maximum atomic E-state index is 12.1. The highest BCUT2D eigenvalue weighted by atomic mass is 16.3. The van der Waals surface area contributed by atoms with Gasteiger partial charge in [0.2, 0.25) is 0 Å². The highest BCUT2D eigenvalue weighted by Crippen LogP contribution is 2.21. The Morgan fingerprint density at radius 1 is 1.42 bits per heavy atom. The zero-order chi connectivity index (χ0) is 16.9. The number of hydrogen-bond donors (Lipinski definition) is 2. The number of furan rings is 1. The zero-order valence-electron chi connectivity index (χ0n) is 14.0. The first-order chi connectivity index (χ1) is 11.7. The molecule has 6 heteroatoms. The first kappa shape index (κ1) is 16.5. The molecule has 0 spiro atoms. The van der Waals surface area contributed by atoms with Crippen LogP contribution in [0.25, 0.3) is 0 Å². The third-order valence-electron chi connectivity index (χ3n) is 4.49. The van der Waals surface area contributed by atoms with E-state index in [2.05, 4.69) is 22.1 Å². The number of hydrogen-bond acceptors (Lipinski definition) is 5. The summed E-state index contributed by atoms with van der Waals surface area (Å²) < 4.78 is 5.17. The van der Waals surface area contributed by atoms with E-state index in [0.29, 0.717) is 17.9 Å². The van der Waals surface area contributed by atoms with Gasteiger partial charge in [0.15, 0.2) is 0 Å². The Kier molecular flexibility index (Phi) is 5.15. The van der Waals surface area contributed by atoms with Crippen LogP contribution in [-0.2, 0) is 13.1 Å². The van der Waals surface area contributed by atoms with Gasteiger partial charge in [-0.25, -0.2) is 4.98 Å². The largest absolute Gasteiger partial charge is 0.467 e. The number of nitrogens with two attached hydrogens (primary N) is 1. The molecule has 1 aliphatic heterocycles. The van der Waals surface area contributed by atoms with Gasteiger partial charge in [-0.05, 0) is 36.5 Å². The minimum atomic E-state index is -0.174. The standard InChI is InChI=1S/C18H24N4O2/c1-13-4-6-22(7-5-13)17-3-2-14(10-20-17)11-21-18(23)15-8-16(9-19)24-12-15/h2-3,8,10,12-13H,4-7,9,11,19H2,1H3,(H,21,23). The second-order valence-corrected chi connectivity index (χ2v) is 6.38. The number of amides is 1. The predicted octanol–water partition coefficient (Wildman–Crippen LogP) is 2.30. The SMILES string of the molecule is CC1CCN(c2ccc(CNC(=O)c3coc(CN)c3)cn2)CC1. The molecule has 128 valence electrons. The third kappa shape index (κ3) is 3.94. The molecule has 1 saturated heterocycles. The summed E-state index contributed by atoms with van der Waals surface area (Å²) in [6.45, 7) is 5.15. The van der Waals surface area contributed by atoms with Crippen molar-refractivity contribution in [2.24, 2.45) is 11.7 Å². The predicted molar refractivity (Wildman–Crippen MR) is 92.6 cm³/mol. The van der Waals surface area contributed by atoms with E-state index >= 15 is 0 Å². The Labute approximate surface area is 142 Å². The molecule has 3 rings (SSSR count). The van der Waals surface area contributed by atoms with Crippen LogP contribution < -0.4 is 16.0 Å². The second kappa shape index (κ2) is 7.49. The lowest BCUT2D eigenvalue weighted by atomic mass is 9.99. The van der Waals surface area contributed by atoms with Gasteiger partial charge in [0.05, 0.1) is 12.1 Å². The van der Waals surface area contributed by atoms with E-state index in [-0.39, 0.29) is 12.5 Å². The summed E-state index contributed by atoms with van der Waals surface area (Å²) in [5, 5.41) is 2.86. The Morgan fingerprint density at radius 2 is 2.21 bits per heavy atom. The fraction of sp³-hybridized carbons (Fsp3) is 0.444. The van der Waals surface area contributed by atoms with Gasteiger partial charge in [-0.3, -0.25) is 4.79 Å². The van der Waals surface area contributed by atoms with Gasteiger partial charge in [-0.1, -0.05) is 13.0 Å². The number of rotatable bonds is 5. The minimum absolute atomic E-state index is 0.174. The maximum absolute atomic E-state index is 12.1. The van der Waals surface area contributed by atoms with Crippen molar-refractivity contribution in [1.29, 1.82) is 0 Å². The summed E-state index contributed by atoms with van der Waals surface area (Å²) in [5.41, 5.74) is 6.93. The van der Waals surface area contributed by atoms with Crippen molar-refractivity contribution in [2.45, 2.75) is 32.9 Å². The Bertz CT molecular complexity index is 673. The lowest BCUT2D eigenvalue weighted by molar-refractivity contribution is 0.0950. The number of anilines is 1. The monoisotopic (exact) mass is 328 g/mol. The molecule has 3 heterocycles. The number of nitrogens with one attached hydrogen (secondary N) is 1. The van der Waals surface area contributed by atoms with E-state index in [4.69, 9.17) is 10.2 Å². The molecule has 0 aromatic carbocycles. The van der Waals surface area contributed by atoms with Gasteiger partial charge in [-0.15, -0.1) is 0 Å². The molecule has 6 nitrogen and oxygen atoms in total. The third-order valence-corrected chi connectivity index (χ3v) is 4.49. The van der Waals surface area contributed by atoms with Gasteiger partial charge in [0.25, 0.3) is 5.91 Å². The van der Waals surface area contributed by atoms with Crippen molar-refractivity contribution in [3.05, 3.63) is 47.5 Å². The van der Waals surface area contributed by atoms with E-state index in [1.807, 2.05) is 18.3 Å². The fourth-order valence-electron chi connectivity index (χ4n) is 2.84. The van der Waals surface area contributed by atoms with E-state index < -0.39 is 0 Å². The first-order valence-corrected chi connectivity index (χ1v) is 8.41. The summed E-state index contributed by atoms with van der Waals surface area (Å²) >= 11 is 0. The average Bonchev–Trinajstić information content (AvgIpc) is 3.10. The van der Waals surface area contributed by atoms with Crippen LogP contribution in [0.3, 0.4) is 0 Å². The number of piperidine rings is 1. The van der Waals surface area contributed by atoms with Crippen LogP contribution in [0.2, 0.25) is 0 Å². The van der Waals surface area contributed by atoms with Gasteiger partial charge >= 0.3 is 0 Å². The van der Waals surface area contributed by atoms with Crippen LogP contribution in [0.4, 0.5) is 5.82 Å². The number of carbonyl (C=O) groups excluding carboxylic acids is 1. The molecular weight excluding hydrogens is 304 g/mol. The van der Waals surface area contributed by atoms with Gasteiger partial charge < -0.3 is 20.4 Å². The molecule has 1 amide bonds. The zero-order valence-corrected chi connectivity index (χ0v) is 14.0. The molecule has 0 saturated carbocycles. The van der Waals surface area contributed by atoms with Crippen LogP contribution in [0.5, 0.6) is 0 Å². The Morgan fingerprint density at radius 3 is 2.83 bits per heavy atom. The quantitative estimate of drug-likeness (QED) is 0.880. The Balaban J connectivity index is 1.53. The van der Waals surface area contributed by atoms with Crippen LogP contribution in [-0.4, -0.2) is 24.0 Å². The van der Waals surface area contributed by atoms with Crippen LogP contribution in [0, 0.1) is 5.92 Å². The van der Waals surface area contributed by atoms with Crippen molar-refractivity contribution in [3.63, 3.8) is 0 Å². The molecule has 2 aromatic heterocycles. The maximum Gasteiger partial charge on any atom is 0.254 e. The van der Waals surface area contributed by atoms with E-state index in [1.54, 1.807) is 6.07 Å². The molecule has 1 aliphatic rings.